The van der Waals surface area contributed by atoms with Gasteiger partial charge in [0.15, 0.2) is 0 Å². The number of amides is 1. The lowest BCUT2D eigenvalue weighted by Crippen LogP contribution is -2.11. The lowest BCUT2D eigenvalue weighted by Gasteiger charge is -2.04. The Labute approximate surface area is 145 Å². The van der Waals surface area contributed by atoms with E-state index in [1.165, 1.54) is 22.5 Å². The van der Waals surface area contributed by atoms with Crippen molar-refractivity contribution < 1.29 is 4.79 Å². The van der Waals surface area contributed by atoms with Crippen LogP contribution >= 0.6 is 11.3 Å². The van der Waals surface area contributed by atoms with Crippen LogP contribution in [0.3, 0.4) is 0 Å². The zero-order valence-electron chi connectivity index (χ0n) is 13.7. The van der Waals surface area contributed by atoms with Gasteiger partial charge < -0.3 is 0 Å². The fourth-order valence-electron chi connectivity index (χ4n) is 2.29. The summed E-state index contributed by atoms with van der Waals surface area (Å²) < 4.78 is 0. The number of nitrogens with zero attached hydrogens (tertiary/aromatic N) is 2. The van der Waals surface area contributed by atoms with Crippen molar-refractivity contribution in [3.63, 3.8) is 0 Å². The molecule has 4 nitrogen and oxygen atoms in total. The van der Waals surface area contributed by atoms with Gasteiger partial charge in [-0.3, -0.25) is 10.1 Å². The van der Waals surface area contributed by atoms with Gasteiger partial charge in [-0.1, -0.05) is 67.6 Å². The number of nitrogens with one attached hydrogen (secondary N) is 1. The van der Waals surface area contributed by atoms with Crippen LogP contribution in [0.1, 0.15) is 46.3 Å². The van der Waals surface area contributed by atoms with Crippen LogP contribution in [0.5, 0.6) is 0 Å². The molecule has 0 fully saturated rings. The van der Waals surface area contributed by atoms with Gasteiger partial charge in [0.05, 0.1) is 0 Å². The maximum absolute atomic E-state index is 12.3. The summed E-state index contributed by atoms with van der Waals surface area (Å²) in [7, 11) is 0. The summed E-state index contributed by atoms with van der Waals surface area (Å²) in [6.45, 7) is 4.11. The molecule has 24 heavy (non-hydrogen) atoms. The minimum absolute atomic E-state index is 0.160. The minimum atomic E-state index is -0.160. The molecule has 0 radical (unpaired) electrons. The number of carbonyl (C=O) groups is 1. The highest BCUT2D eigenvalue weighted by atomic mass is 32.1. The molecule has 0 aliphatic carbocycles. The molecule has 1 aromatic heterocycles. The molecule has 1 amide bonds. The van der Waals surface area contributed by atoms with E-state index in [-0.39, 0.29) is 5.91 Å². The topological polar surface area (TPSA) is 54.9 Å². The summed E-state index contributed by atoms with van der Waals surface area (Å²) in [6, 6.07) is 17.9. The molecule has 0 bridgehead atoms. The van der Waals surface area contributed by atoms with Crippen molar-refractivity contribution in [1.82, 2.24) is 10.2 Å². The Morgan fingerprint density at radius 2 is 1.67 bits per heavy atom. The molecular weight excluding hydrogens is 318 g/mol. The van der Waals surface area contributed by atoms with Crippen molar-refractivity contribution in [3.05, 3.63) is 76.3 Å². The summed E-state index contributed by atoms with van der Waals surface area (Å²) in [6.07, 6.45) is 0.858. The highest BCUT2D eigenvalue weighted by Gasteiger charge is 2.12. The molecule has 0 saturated heterocycles. The van der Waals surface area contributed by atoms with Gasteiger partial charge in [0, 0.05) is 11.5 Å². The summed E-state index contributed by atoms with van der Waals surface area (Å²) in [5, 5.41) is 12.4. The van der Waals surface area contributed by atoms with Gasteiger partial charge in [-0.15, -0.1) is 10.2 Å². The fourth-order valence-corrected chi connectivity index (χ4v) is 3.03. The minimum Gasteiger partial charge on any atom is -0.296 e. The summed E-state index contributed by atoms with van der Waals surface area (Å²) >= 11 is 1.41. The van der Waals surface area contributed by atoms with Crippen LogP contribution in [0, 0.1) is 0 Å². The molecule has 122 valence electrons. The first kappa shape index (κ1) is 16.3. The van der Waals surface area contributed by atoms with Gasteiger partial charge in [-0.2, -0.15) is 0 Å². The second-order valence-electron chi connectivity index (χ2n) is 5.91. The Morgan fingerprint density at radius 1 is 1.00 bits per heavy atom. The lowest BCUT2D eigenvalue weighted by molar-refractivity contribution is 0.102. The van der Waals surface area contributed by atoms with E-state index in [4.69, 9.17) is 0 Å². The Hall–Kier alpha value is -2.53. The SMILES string of the molecule is CC(C)c1nnc(NC(=O)c2ccc(Cc3ccccc3)cc2)s1. The third-order valence-electron chi connectivity index (χ3n) is 3.62. The molecule has 0 spiro atoms. The largest absolute Gasteiger partial charge is 0.296 e. The van der Waals surface area contributed by atoms with Crippen molar-refractivity contribution in [2.24, 2.45) is 0 Å². The van der Waals surface area contributed by atoms with Crippen molar-refractivity contribution in [2.75, 3.05) is 5.32 Å². The number of anilines is 1. The predicted octanol–water partition coefficient (Wildman–Crippen LogP) is 4.50. The van der Waals surface area contributed by atoms with Gasteiger partial charge in [0.2, 0.25) is 5.13 Å². The molecule has 5 heteroatoms. The van der Waals surface area contributed by atoms with E-state index in [1.807, 2.05) is 42.5 Å². The molecule has 1 heterocycles. The van der Waals surface area contributed by atoms with Gasteiger partial charge in [0.1, 0.15) is 5.01 Å². The van der Waals surface area contributed by atoms with E-state index < -0.39 is 0 Å². The van der Waals surface area contributed by atoms with Crippen molar-refractivity contribution >= 4 is 22.4 Å². The third kappa shape index (κ3) is 4.06. The monoisotopic (exact) mass is 337 g/mol. The number of hydrogen-bond donors (Lipinski definition) is 1. The Bertz CT molecular complexity index is 810. The maximum Gasteiger partial charge on any atom is 0.257 e. The van der Waals surface area contributed by atoms with E-state index in [2.05, 4.69) is 41.5 Å². The molecule has 0 atom stereocenters. The highest BCUT2D eigenvalue weighted by Crippen LogP contribution is 2.22. The average Bonchev–Trinajstić information content (AvgIpc) is 3.05. The molecule has 3 aromatic rings. The van der Waals surface area contributed by atoms with E-state index in [9.17, 15) is 4.79 Å². The van der Waals surface area contributed by atoms with Crippen LogP contribution in [0.2, 0.25) is 0 Å². The molecular formula is C19H19N3OS. The standard InChI is InChI=1S/C19H19N3OS/c1-13(2)18-21-22-19(24-18)20-17(23)16-10-8-15(9-11-16)12-14-6-4-3-5-7-14/h3-11,13H,12H2,1-2H3,(H,20,22,23). The number of aromatic nitrogens is 2. The highest BCUT2D eigenvalue weighted by molar-refractivity contribution is 7.15. The van der Waals surface area contributed by atoms with Crippen molar-refractivity contribution in [3.8, 4) is 0 Å². The number of benzene rings is 2. The van der Waals surface area contributed by atoms with Gasteiger partial charge in [-0.25, -0.2) is 0 Å². The Balaban J connectivity index is 1.65. The lowest BCUT2D eigenvalue weighted by atomic mass is 10.0. The third-order valence-corrected chi connectivity index (χ3v) is 4.76. The average molecular weight is 337 g/mol. The van der Waals surface area contributed by atoms with E-state index in [0.29, 0.717) is 16.6 Å². The summed E-state index contributed by atoms with van der Waals surface area (Å²) in [4.78, 5) is 12.3. The zero-order chi connectivity index (χ0) is 16.9. The fraction of sp³-hybridized carbons (Fsp3) is 0.211. The number of hydrogen-bond acceptors (Lipinski definition) is 4. The van der Waals surface area contributed by atoms with Crippen LogP contribution in [0.15, 0.2) is 54.6 Å². The molecule has 1 N–H and O–H groups in total. The first-order valence-corrected chi connectivity index (χ1v) is 8.71. The van der Waals surface area contributed by atoms with Crippen molar-refractivity contribution in [2.45, 2.75) is 26.2 Å². The molecule has 3 rings (SSSR count). The molecule has 2 aromatic carbocycles. The van der Waals surface area contributed by atoms with Gasteiger partial charge in [0.25, 0.3) is 5.91 Å². The van der Waals surface area contributed by atoms with Crippen LogP contribution in [-0.4, -0.2) is 16.1 Å². The normalized spacial score (nSPS) is 10.8. The number of carbonyl (C=O) groups excluding carboxylic acids is 1. The second-order valence-corrected chi connectivity index (χ2v) is 6.92. The van der Waals surface area contributed by atoms with Gasteiger partial charge >= 0.3 is 0 Å². The predicted molar refractivity (Wildman–Crippen MR) is 97.6 cm³/mol. The van der Waals surface area contributed by atoms with Crippen LogP contribution in [0.4, 0.5) is 5.13 Å². The molecule has 0 aliphatic heterocycles. The molecule has 0 aliphatic rings. The molecule has 0 saturated carbocycles. The van der Waals surface area contributed by atoms with E-state index in [0.717, 1.165) is 11.4 Å². The van der Waals surface area contributed by atoms with Crippen molar-refractivity contribution in [1.29, 1.82) is 0 Å². The van der Waals surface area contributed by atoms with Crippen LogP contribution < -0.4 is 5.32 Å². The Kier molecular flexibility index (Phi) is 5.01. The molecule has 0 unspecified atom stereocenters. The first-order chi connectivity index (χ1) is 11.6. The van der Waals surface area contributed by atoms with E-state index in [1.54, 1.807) is 0 Å². The van der Waals surface area contributed by atoms with Crippen LogP contribution in [0.25, 0.3) is 0 Å². The van der Waals surface area contributed by atoms with Gasteiger partial charge in [-0.05, 0) is 29.7 Å². The smallest absolute Gasteiger partial charge is 0.257 e. The summed E-state index contributed by atoms with van der Waals surface area (Å²) in [5.41, 5.74) is 3.05. The summed E-state index contributed by atoms with van der Waals surface area (Å²) in [5.74, 6) is 0.151. The first-order valence-electron chi connectivity index (χ1n) is 7.89. The second kappa shape index (κ2) is 7.36. The Morgan fingerprint density at radius 3 is 2.29 bits per heavy atom. The van der Waals surface area contributed by atoms with E-state index >= 15 is 0 Å². The zero-order valence-corrected chi connectivity index (χ0v) is 14.5. The quantitative estimate of drug-likeness (QED) is 0.745. The number of rotatable bonds is 5. The maximum atomic E-state index is 12.3. The van der Waals surface area contributed by atoms with Crippen LogP contribution in [-0.2, 0) is 6.42 Å².